The van der Waals surface area contributed by atoms with Crippen LogP contribution in [0.15, 0.2) is 12.4 Å². The summed E-state index contributed by atoms with van der Waals surface area (Å²) in [5.74, 6) is -0.163. The zero-order valence-corrected chi connectivity index (χ0v) is 12.7. The molecule has 0 aliphatic heterocycles. The average molecular weight is 293 g/mol. The van der Waals surface area contributed by atoms with Gasteiger partial charge >= 0.3 is 0 Å². The molecule has 0 fully saturated rings. The number of likely N-dealkylation sites (N-methyl/N-ethyl adjacent to an activating group) is 1. The number of rotatable bonds is 5. The maximum atomic E-state index is 12.1. The van der Waals surface area contributed by atoms with E-state index in [2.05, 4.69) is 34.0 Å². The first-order chi connectivity index (χ1) is 9.50. The molecule has 2 heterocycles. The van der Waals surface area contributed by atoms with Gasteiger partial charge in [-0.25, -0.2) is 9.97 Å². The zero-order chi connectivity index (χ0) is 14.7. The molecule has 2 aromatic heterocycles. The number of aromatic nitrogens is 2. The lowest BCUT2D eigenvalue weighted by Crippen LogP contribution is -2.36. The quantitative estimate of drug-likeness (QED) is 0.869. The predicted octanol–water partition coefficient (Wildman–Crippen LogP) is 1.34. The number of nitrogen functional groups attached to an aromatic ring is 1. The molecule has 0 aliphatic carbocycles. The first-order valence-corrected chi connectivity index (χ1v) is 7.29. The number of thiophene rings is 1. The van der Waals surface area contributed by atoms with Crippen LogP contribution >= 0.6 is 11.3 Å². The van der Waals surface area contributed by atoms with E-state index in [1.165, 1.54) is 11.3 Å². The lowest BCUT2D eigenvalue weighted by molar-refractivity contribution is 0.0953. The van der Waals surface area contributed by atoms with Crippen LogP contribution in [0.1, 0.15) is 23.5 Å². The number of nitrogens with two attached hydrogens (primary N) is 1. The summed E-state index contributed by atoms with van der Waals surface area (Å²) in [6, 6.07) is 0.453. The van der Waals surface area contributed by atoms with Gasteiger partial charge in [0, 0.05) is 31.5 Å². The molecule has 0 saturated carbocycles. The first-order valence-electron chi connectivity index (χ1n) is 6.48. The van der Waals surface area contributed by atoms with Crippen LogP contribution in [0.5, 0.6) is 0 Å². The summed E-state index contributed by atoms with van der Waals surface area (Å²) in [4.78, 5) is 23.8. The van der Waals surface area contributed by atoms with Gasteiger partial charge in [-0.3, -0.25) is 4.79 Å². The minimum absolute atomic E-state index is 0.163. The molecule has 2 rings (SSSR count). The third kappa shape index (κ3) is 3.05. The van der Waals surface area contributed by atoms with E-state index in [0.29, 0.717) is 33.5 Å². The summed E-state index contributed by atoms with van der Waals surface area (Å²) in [5.41, 5.74) is 6.97. The Balaban J connectivity index is 2.03. The Morgan fingerprint density at radius 2 is 2.15 bits per heavy atom. The van der Waals surface area contributed by atoms with Crippen LogP contribution in [0.3, 0.4) is 0 Å². The minimum Gasteiger partial charge on any atom is -0.396 e. The third-order valence-corrected chi connectivity index (χ3v) is 4.30. The number of hydrogen-bond acceptors (Lipinski definition) is 6. The molecule has 0 spiro atoms. The lowest BCUT2D eigenvalue weighted by Gasteiger charge is -2.20. The number of carbonyl (C=O) groups excluding carboxylic acids is 1. The summed E-state index contributed by atoms with van der Waals surface area (Å²) < 4.78 is 0. The van der Waals surface area contributed by atoms with Gasteiger partial charge in [0.15, 0.2) is 0 Å². The molecular weight excluding hydrogens is 274 g/mol. The molecule has 0 unspecified atom stereocenters. The number of carbonyl (C=O) groups is 1. The highest BCUT2D eigenvalue weighted by Crippen LogP contribution is 2.30. The lowest BCUT2D eigenvalue weighted by atomic mass is 10.3. The summed E-state index contributed by atoms with van der Waals surface area (Å²) in [6.07, 6.45) is 3.17. The second kappa shape index (κ2) is 6.15. The molecule has 0 aliphatic rings. The van der Waals surface area contributed by atoms with E-state index in [1.807, 2.05) is 7.05 Å². The number of anilines is 1. The normalized spacial score (nSPS) is 11.4. The van der Waals surface area contributed by atoms with Gasteiger partial charge in [0.2, 0.25) is 0 Å². The van der Waals surface area contributed by atoms with Crippen LogP contribution in [-0.4, -0.2) is 47.0 Å². The van der Waals surface area contributed by atoms with Gasteiger partial charge in [-0.15, -0.1) is 11.3 Å². The molecule has 6 nitrogen and oxygen atoms in total. The SMILES string of the molecule is CC(C)N(C)CCNC(=O)c1sc2nccnc2c1N. The second-order valence-electron chi connectivity index (χ2n) is 4.89. The highest BCUT2D eigenvalue weighted by Gasteiger charge is 2.17. The molecule has 2 aromatic rings. The van der Waals surface area contributed by atoms with Crippen molar-refractivity contribution >= 4 is 33.3 Å². The minimum atomic E-state index is -0.163. The second-order valence-corrected chi connectivity index (χ2v) is 5.88. The maximum absolute atomic E-state index is 12.1. The van der Waals surface area contributed by atoms with E-state index in [-0.39, 0.29) is 5.91 Å². The third-order valence-electron chi connectivity index (χ3n) is 3.20. The smallest absolute Gasteiger partial charge is 0.263 e. The Kier molecular flexibility index (Phi) is 4.51. The van der Waals surface area contributed by atoms with Gasteiger partial charge in [0.1, 0.15) is 15.2 Å². The van der Waals surface area contributed by atoms with Crippen LogP contribution in [0, 0.1) is 0 Å². The summed E-state index contributed by atoms with van der Waals surface area (Å²) in [5, 5.41) is 2.88. The maximum Gasteiger partial charge on any atom is 0.263 e. The van der Waals surface area contributed by atoms with Crippen molar-refractivity contribution < 1.29 is 4.79 Å². The summed E-state index contributed by atoms with van der Waals surface area (Å²) in [6.45, 7) is 5.61. The number of nitrogens with one attached hydrogen (secondary N) is 1. The van der Waals surface area contributed by atoms with Gasteiger partial charge in [0.05, 0.1) is 5.69 Å². The van der Waals surface area contributed by atoms with Crippen molar-refractivity contribution in [3.63, 3.8) is 0 Å². The number of nitrogens with zero attached hydrogens (tertiary/aromatic N) is 3. The molecule has 108 valence electrons. The molecule has 3 N–H and O–H groups in total. The van der Waals surface area contributed by atoms with Crippen molar-refractivity contribution in [1.29, 1.82) is 0 Å². The summed E-state index contributed by atoms with van der Waals surface area (Å²) in [7, 11) is 2.03. The van der Waals surface area contributed by atoms with Crippen molar-refractivity contribution in [2.45, 2.75) is 19.9 Å². The molecule has 0 bridgehead atoms. The fourth-order valence-electron chi connectivity index (χ4n) is 1.70. The molecule has 0 saturated heterocycles. The van der Waals surface area contributed by atoms with Crippen LogP contribution in [0.2, 0.25) is 0 Å². The molecule has 0 radical (unpaired) electrons. The van der Waals surface area contributed by atoms with Gasteiger partial charge < -0.3 is 16.0 Å². The Bertz CT molecular complexity index is 610. The van der Waals surface area contributed by atoms with Gasteiger partial charge in [-0.05, 0) is 20.9 Å². The number of hydrogen-bond donors (Lipinski definition) is 2. The van der Waals surface area contributed by atoms with Crippen LogP contribution in [0.25, 0.3) is 10.3 Å². The highest BCUT2D eigenvalue weighted by atomic mass is 32.1. The van der Waals surface area contributed by atoms with Crippen LogP contribution < -0.4 is 11.1 Å². The van der Waals surface area contributed by atoms with Crippen LogP contribution in [0.4, 0.5) is 5.69 Å². The molecule has 1 amide bonds. The fourth-order valence-corrected chi connectivity index (χ4v) is 2.63. The van der Waals surface area contributed by atoms with E-state index in [9.17, 15) is 4.79 Å². The van der Waals surface area contributed by atoms with Crippen molar-refractivity contribution in [2.24, 2.45) is 0 Å². The van der Waals surface area contributed by atoms with E-state index >= 15 is 0 Å². The number of amides is 1. The van der Waals surface area contributed by atoms with Crippen LogP contribution in [-0.2, 0) is 0 Å². The molecule has 7 heteroatoms. The predicted molar refractivity (Wildman–Crippen MR) is 81.9 cm³/mol. The van der Waals surface area contributed by atoms with Crippen molar-refractivity contribution in [1.82, 2.24) is 20.2 Å². The largest absolute Gasteiger partial charge is 0.396 e. The van der Waals surface area contributed by atoms with Gasteiger partial charge in [-0.2, -0.15) is 0 Å². The van der Waals surface area contributed by atoms with Crippen molar-refractivity contribution in [3.05, 3.63) is 17.3 Å². The highest BCUT2D eigenvalue weighted by molar-refractivity contribution is 7.21. The standard InChI is InChI=1S/C13H19N5OS/c1-8(2)18(3)7-6-16-12(19)11-9(14)10-13(20-11)17-5-4-15-10/h4-5,8H,6-7,14H2,1-3H3,(H,16,19). The fraction of sp³-hybridized carbons (Fsp3) is 0.462. The molecule has 0 aromatic carbocycles. The monoisotopic (exact) mass is 293 g/mol. The molecular formula is C13H19N5OS. The Morgan fingerprint density at radius 1 is 1.45 bits per heavy atom. The zero-order valence-electron chi connectivity index (χ0n) is 11.9. The summed E-state index contributed by atoms with van der Waals surface area (Å²) >= 11 is 1.27. The Hall–Kier alpha value is -1.73. The topological polar surface area (TPSA) is 84.1 Å². The average Bonchev–Trinajstić information content (AvgIpc) is 2.76. The number of fused-ring (bicyclic) bond motifs is 1. The Morgan fingerprint density at radius 3 is 2.80 bits per heavy atom. The van der Waals surface area contributed by atoms with E-state index in [4.69, 9.17) is 5.73 Å². The van der Waals surface area contributed by atoms with E-state index in [1.54, 1.807) is 12.4 Å². The molecule has 0 atom stereocenters. The van der Waals surface area contributed by atoms with E-state index in [0.717, 1.165) is 6.54 Å². The Labute approximate surface area is 122 Å². The van der Waals surface area contributed by atoms with Gasteiger partial charge in [0.25, 0.3) is 5.91 Å². The first kappa shape index (κ1) is 14.7. The molecule has 20 heavy (non-hydrogen) atoms. The van der Waals surface area contributed by atoms with Crippen molar-refractivity contribution in [2.75, 3.05) is 25.9 Å². The van der Waals surface area contributed by atoms with E-state index < -0.39 is 0 Å². The van der Waals surface area contributed by atoms with Gasteiger partial charge in [-0.1, -0.05) is 0 Å². The van der Waals surface area contributed by atoms with Crippen molar-refractivity contribution in [3.8, 4) is 0 Å².